The summed E-state index contributed by atoms with van der Waals surface area (Å²) in [6.07, 6.45) is 1.98. The van der Waals surface area contributed by atoms with Crippen LogP contribution in [0, 0.1) is 0 Å². The first kappa shape index (κ1) is 21.7. The molecule has 1 atom stereocenters. The van der Waals surface area contributed by atoms with E-state index < -0.39 is 23.5 Å². The van der Waals surface area contributed by atoms with Crippen LogP contribution in [0.5, 0.6) is 0 Å². The molecule has 1 amide bonds. The van der Waals surface area contributed by atoms with Gasteiger partial charge in [0.1, 0.15) is 11.2 Å². The predicted molar refractivity (Wildman–Crippen MR) is 89.2 cm³/mol. The number of unbranched alkanes of at least 4 members (excludes halogenated alkanes) is 2. The minimum atomic E-state index is -0.640. The fraction of sp³-hybridized carbons (Fsp3) is 0.875. The van der Waals surface area contributed by atoms with Crippen LogP contribution in [0.25, 0.3) is 0 Å². The van der Waals surface area contributed by atoms with Crippen LogP contribution in [0.2, 0.25) is 0 Å². The molecule has 0 saturated carbocycles. The van der Waals surface area contributed by atoms with Gasteiger partial charge in [0.05, 0.1) is 6.17 Å². The minimum Gasteiger partial charge on any atom is -0.460 e. The number of hydrazine groups is 1. The molecule has 0 fully saturated rings. The third-order valence-electron chi connectivity index (χ3n) is 2.76. The molecule has 0 aliphatic rings. The minimum absolute atomic E-state index is 0.198. The Morgan fingerprint density at radius 3 is 1.96 bits per heavy atom. The van der Waals surface area contributed by atoms with Gasteiger partial charge in [-0.15, -0.1) is 0 Å². The molecule has 0 saturated heterocycles. The van der Waals surface area contributed by atoms with E-state index in [1.54, 1.807) is 20.8 Å². The Morgan fingerprint density at radius 1 is 0.957 bits per heavy atom. The smallest absolute Gasteiger partial charge is 0.426 e. The molecule has 4 N–H and O–H groups in total. The first-order valence-corrected chi connectivity index (χ1v) is 8.06. The maximum atomic E-state index is 11.7. The molecule has 0 aliphatic heterocycles. The summed E-state index contributed by atoms with van der Waals surface area (Å²) in [5, 5.41) is 0.916. The van der Waals surface area contributed by atoms with Gasteiger partial charge in [0.2, 0.25) is 0 Å². The van der Waals surface area contributed by atoms with Crippen molar-refractivity contribution < 1.29 is 19.1 Å². The standard InChI is InChI=1S/C16H33N3O4/c1-15(2,3)22-13(20)11-9-7-8-10-12(17)19(18)14(21)23-16(4,5)6/h12H,7-11,17-18H2,1-6H3. The average Bonchev–Trinajstić information content (AvgIpc) is 2.32. The number of hydrogen-bond donors (Lipinski definition) is 2. The van der Waals surface area contributed by atoms with Crippen molar-refractivity contribution in [2.75, 3.05) is 0 Å². The Morgan fingerprint density at radius 2 is 1.48 bits per heavy atom. The van der Waals surface area contributed by atoms with Gasteiger partial charge in [-0.1, -0.05) is 6.42 Å². The van der Waals surface area contributed by atoms with Gasteiger partial charge in [-0.3, -0.25) is 4.79 Å². The van der Waals surface area contributed by atoms with Crippen LogP contribution in [0.15, 0.2) is 0 Å². The van der Waals surface area contributed by atoms with Gasteiger partial charge >= 0.3 is 12.1 Å². The molecule has 0 aromatic heterocycles. The molecule has 0 heterocycles. The molecule has 7 heteroatoms. The van der Waals surface area contributed by atoms with Gasteiger partial charge in [0, 0.05) is 6.42 Å². The summed E-state index contributed by atoms with van der Waals surface area (Å²) in [5.74, 6) is 5.46. The molecule has 1 unspecified atom stereocenters. The molecule has 0 radical (unpaired) electrons. The van der Waals surface area contributed by atoms with E-state index in [0.29, 0.717) is 12.8 Å². The number of ether oxygens (including phenoxy) is 2. The molecular formula is C16H33N3O4. The van der Waals surface area contributed by atoms with Crippen LogP contribution in [0.4, 0.5) is 4.79 Å². The van der Waals surface area contributed by atoms with Gasteiger partial charge in [0.25, 0.3) is 0 Å². The third-order valence-corrected chi connectivity index (χ3v) is 2.76. The maximum absolute atomic E-state index is 11.7. The first-order chi connectivity index (χ1) is 10.3. The predicted octanol–water partition coefficient (Wildman–Crippen LogP) is 2.67. The summed E-state index contributed by atoms with van der Waals surface area (Å²) < 4.78 is 10.4. The van der Waals surface area contributed by atoms with Gasteiger partial charge in [-0.2, -0.15) is 0 Å². The molecule has 23 heavy (non-hydrogen) atoms. The Hall–Kier alpha value is -1.34. The van der Waals surface area contributed by atoms with Gasteiger partial charge in [-0.05, 0) is 60.8 Å². The van der Waals surface area contributed by atoms with E-state index in [1.165, 1.54) is 0 Å². The third kappa shape index (κ3) is 11.8. The second kappa shape index (κ2) is 9.08. The number of nitrogens with two attached hydrogens (primary N) is 2. The molecule has 0 rings (SSSR count). The van der Waals surface area contributed by atoms with Crippen LogP contribution < -0.4 is 11.6 Å². The number of carbonyl (C=O) groups excluding carboxylic acids is 2. The van der Waals surface area contributed by atoms with Crippen molar-refractivity contribution in [3.8, 4) is 0 Å². The molecule has 0 spiro atoms. The van der Waals surface area contributed by atoms with Crippen LogP contribution in [-0.2, 0) is 14.3 Å². The molecule has 0 aliphatic carbocycles. The number of amides is 1. The Kier molecular flexibility index (Phi) is 8.55. The Labute approximate surface area is 139 Å². The SMILES string of the molecule is CC(C)(C)OC(=O)CCCCCC(N)N(N)C(=O)OC(C)(C)C. The summed E-state index contributed by atoms with van der Waals surface area (Å²) in [6.45, 7) is 10.8. The van der Waals surface area contributed by atoms with Crippen molar-refractivity contribution in [1.82, 2.24) is 5.01 Å². The fourth-order valence-corrected chi connectivity index (χ4v) is 1.78. The molecular weight excluding hydrogens is 298 g/mol. The number of esters is 1. The molecule has 7 nitrogen and oxygen atoms in total. The van der Waals surface area contributed by atoms with E-state index in [1.807, 2.05) is 20.8 Å². The van der Waals surface area contributed by atoms with Crippen LogP contribution in [0.1, 0.15) is 73.6 Å². The van der Waals surface area contributed by atoms with E-state index in [2.05, 4.69) is 0 Å². The monoisotopic (exact) mass is 331 g/mol. The van der Waals surface area contributed by atoms with Gasteiger partial charge < -0.3 is 15.2 Å². The highest BCUT2D eigenvalue weighted by molar-refractivity contribution is 5.69. The van der Waals surface area contributed by atoms with Crippen molar-refractivity contribution in [3.05, 3.63) is 0 Å². The van der Waals surface area contributed by atoms with Gasteiger partial charge in [-0.25, -0.2) is 15.6 Å². The molecule has 0 bridgehead atoms. The lowest BCUT2D eigenvalue weighted by Gasteiger charge is -2.27. The summed E-state index contributed by atoms with van der Waals surface area (Å²) in [7, 11) is 0. The fourth-order valence-electron chi connectivity index (χ4n) is 1.78. The highest BCUT2D eigenvalue weighted by Crippen LogP contribution is 2.13. The number of nitrogens with zero attached hydrogens (tertiary/aromatic N) is 1. The topological polar surface area (TPSA) is 108 Å². The zero-order valence-corrected chi connectivity index (χ0v) is 15.3. The second-order valence-corrected chi connectivity index (χ2v) is 7.64. The lowest BCUT2D eigenvalue weighted by atomic mass is 10.1. The lowest BCUT2D eigenvalue weighted by molar-refractivity contribution is -0.154. The van der Waals surface area contributed by atoms with Crippen molar-refractivity contribution >= 4 is 12.1 Å². The quantitative estimate of drug-likeness (QED) is 0.185. The molecule has 0 aromatic carbocycles. The zero-order chi connectivity index (χ0) is 18.3. The number of hydrogen-bond acceptors (Lipinski definition) is 6. The van der Waals surface area contributed by atoms with Crippen molar-refractivity contribution in [2.45, 2.75) is 91.0 Å². The highest BCUT2D eigenvalue weighted by atomic mass is 16.6. The van der Waals surface area contributed by atoms with Gasteiger partial charge in [0.15, 0.2) is 0 Å². The second-order valence-electron chi connectivity index (χ2n) is 7.64. The van der Waals surface area contributed by atoms with Crippen LogP contribution in [0.3, 0.4) is 0 Å². The highest BCUT2D eigenvalue weighted by Gasteiger charge is 2.23. The zero-order valence-electron chi connectivity index (χ0n) is 15.3. The van der Waals surface area contributed by atoms with E-state index in [-0.39, 0.29) is 5.97 Å². The number of carbonyl (C=O) groups is 2. The van der Waals surface area contributed by atoms with Crippen molar-refractivity contribution in [1.29, 1.82) is 0 Å². The Bertz CT molecular complexity index is 386. The largest absolute Gasteiger partial charge is 0.460 e. The molecule has 136 valence electrons. The maximum Gasteiger partial charge on any atom is 0.426 e. The van der Waals surface area contributed by atoms with Crippen LogP contribution in [-0.4, -0.2) is 34.4 Å². The van der Waals surface area contributed by atoms with Crippen molar-refractivity contribution in [3.63, 3.8) is 0 Å². The van der Waals surface area contributed by atoms with Crippen LogP contribution >= 0.6 is 0 Å². The van der Waals surface area contributed by atoms with E-state index >= 15 is 0 Å². The van der Waals surface area contributed by atoms with E-state index in [4.69, 9.17) is 21.1 Å². The first-order valence-electron chi connectivity index (χ1n) is 8.06. The summed E-state index contributed by atoms with van der Waals surface area (Å²) >= 11 is 0. The summed E-state index contributed by atoms with van der Waals surface area (Å²) in [4.78, 5) is 23.3. The lowest BCUT2D eigenvalue weighted by Crippen LogP contribution is -2.52. The average molecular weight is 331 g/mol. The van der Waals surface area contributed by atoms with Crippen molar-refractivity contribution in [2.24, 2.45) is 11.6 Å². The number of rotatable bonds is 7. The molecule has 0 aromatic rings. The van der Waals surface area contributed by atoms with E-state index in [9.17, 15) is 9.59 Å². The summed E-state index contributed by atoms with van der Waals surface area (Å²) in [6, 6.07) is 0. The normalized spacial score (nSPS) is 13.4. The van der Waals surface area contributed by atoms with E-state index in [0.717, 1.165) is 24.3 Å². The Balaban J connectivity index is 3.92. The summed E-state index contributed by atoms with van der Waals surface area (Å²) in [5.41, 5.74) is 4.81.